The van der Waals surface area contributed by atoms with Gasteiger partial charge in [-0.15, -0.1) is 0 Å². The van der Waals surface area contributed by atoms with E-state index in [9.17, 15) is 13.0 Å². The van der Waals surface area contributed by atoms with E-state index in [0.717, 1.165) is 42.8 Å². The van der Waals surface area contributed by atoms with Crippen LogP contribution in [0.4, 0.5) is 14.5 Å². The molecule has 0 radical (unpaired) electrons. The lowest BCUT2D eigenvalue weighted by atomic mass is 9.74. The molecule has 2 saturated heterocycles. The van der Waals surface area contributed by atoms with Crippen molar-refractivity contribution in [2.45, 2.75) is 6.92 Å². The zero-order chi connectivity index (χ0) is 20.6. The lowest BCUT2D eigenvalue weighted by molar-refractivity contribution is 0.0434. The third-order valence-corrected chi connectivity index (χ3v) is 7.33. The quantitative estimate of drug-likeness (QED) is 0.617. The van der Waals surface area contributed by atoms with Crippen molar-refractivity contribution in [1.29, 1.82) is 0 Å². The lowest BCUT2D eigenvalue weighted by Gasteiger charge is -2.61. The molecule has 1 spiro atoms. The Hall–Kier alpha value is -2.45. The fraction of sp³-hybridized carbons (Fsp3) is 0.333. The van der Waals surface area contributed by atoms with Crippen LogP contribution < -0.4 is 4.90 Å². The molecule has 1 unspecified atom stereocenters. The van der Waals surface area contributed by atoms with E-state index in [0.29, 0.717) is 5.69 Å². The summed E-state index contributed by atoms with van der Waals surface area (Å²) in [6.07, 6.45) is 3.43. The number of rotatable bonds is 3. The van der Waals surface area contributed by atoms with Gasteiger partial charge in [0.05, 0.1) is 17.4 Å². The number of nitrogens with zero attached hydrogens (tertiary/aromatic N) is 4. The minimum Gasteiger partial charge on any atom is -0.370 e. The summed E-state index contributed by atoms with van der Waals surface area (Å²) in [4.78, 5) is 2.30. The number of benzene rings is 2. The first-order valence-corrected chi connectivity index (χ1v) is 11.5. The molecular formula is C21H22F2N4OS. The lowest BCUT2D eigenvalue weighted by Crippen LogP contribution is -2.72. The summed E-state index contributed by atoms with van der Waals surface area (Å²) >= 11 is 0. The van der Waals surface area contributed by atoms with Crippen molar-refractivity contribution >= 4 is 32.2 Å². The molecule has 2 aromatic carbocycles. The van der Waals surface area contributed by atoms with Crippen LogP contribution in [-0.2, 0) is 9.71 Å². The van der Waals surface area contributed by atoms with E-state index in [1.165, 1.54) is 6.07 Å². The summed E-state index contributed by atoms with van der Waals surface area (Å²) in [5, 5.41) is 5.32. The zero-order valence-electron chi connectivity index (χ0n) is 16.4. The van der Waals surface area contributed by atoms with Crippen LogP contribution >= 0.6 is 0 Å². The summed E-state index contributed by atoms with van der Waals surface area (Å²) in [7, 11) is -2.10. The second-order valence-corrected chi connectivity index (χ2v) is 10.9. The SMILES string of the molecule is C=S(C)(=O)N1CC2(CN(c3ccc4c(cnn4-c4cc(C)c(F)c(F)c4)c3)C2)C1. The number of hydrogen-bond acceptors (Lipinski definition) is 3. The molecule has 5 nitrogen and oxygen atoms in total. The van der Waals surface area contributed by atoms with Gasteiger partial charge in [-0.1, -0.05) is 0 Å². The first kappa shape index (κ1) is 18.6. The maximum atomic E-state index is 13.8. The van der Waals surface area contributed by atoms with Crippen LogP contribution in [0.2, 0.25) is 0 Å². The van der Waals surface area contributed by atoms with Crippen molar-refractivity contribution in [3.8, 4) is 5.69 Å². The highest BCUT2D eigenvalue weighted by atomic mass is 32.2. The van der Waals surface area contributed by atoms with Crippen LogP contribution in [0.5, 0.6) is 0 Å². The van der Waals surface area contributed by atoms with E-state index in [1.807, 2.05) is 16.4 Å². The maximum Gasteiger partial charge on any atom is 0.161 e. The molecule has 1 aromatic heterocycles. The van der Waals surface area contributed by atoms with Crippen molar-refractivity contribution in [1.82, 2.24) is 14.1 Å². The Morgan fingerprint density at radius 3 is 2.48 bits per heavy atom. The Morgan fingerprint density at radius 1 is 1.10 bits per heavy atom. The van der Waals surface area contributed by atoms with Gasteiger partial charge < -0.3 is 4.90 Å². The Kier molecular flexibility index (Phi) is 3.86. The van der Waals surface area contributed by atoms with Gasteiger partial charge in [0, 0.05) is 64.7 Å². The third kappa shape index (κ3) is 2.93. The third-order valence-electron chi connectivity index (χ3n) is 5.98. The van der Waals surface area contributed by atoms with E-state index in [1.54, 1.807) is 30.1 Å². The van der Waals surface area contributed by atoms with Crippen LogP contribution in [0.25, 0.3) is 16.6 Å². The summed E-state index contributed by atoms with van der Waals surface area (Å²) < 4.78 is 43.0. The largest absolute Gasteiger partial charge is 0.370 e. The van der Waals surface area contributed by atoms with Gasteiger partial charge in [-0.05, 0) is 42.6 Å². The zero-order valence-corrected chi connectivity index (χ0v) is 17.2. The Bertz CT molecular complexity index is 1210. The number of anilines is 1. The van der Waals surface area contributed by atoms with Gasteiger partial charge in [-0.2, -0.15) is 5.10 Å². The minimum atomic E-state index is -2.10. The minimum absolute atomic E-state index is 0.221. The van der Waals surface area contributed by atoms with Crippen LogP contribution in [0.3, 0.4) is 0 Å². The van der Waals surface area contributed by atoms with Crippen molar-refractivity contribution in [2.75, 3.05) is 37.3 Å². The molecule has 5 rings (SSSR count). The molecule has 152 valence electrons. The molecule has 0 saturated carbocycles. The molecule has 29 heavy (non-hydrogen) atoms. The second kappa shape index (κ2) is 6.03. The highest BCUT2D eigenvalue weighted by Gasteiger charge is 2.53. The molecule has 8 heteroatoms. The van der Waals surface area contributed by atoms with Gasteiger partial charge >= 0.3 is 0 Å². The molecule has 0 aliphatic carbocycles. The molecule has 2 fully saturated rings. The molecule has 0 amide bonds. The first-order valence-electron chi connectivity index (χ1n) is 9.41. The highest BCUT2D eigenvalue weighted by molar-refractivity contribution is 7.97. The molecule has 2 aliphatic rings. The van der Waals surface area contributed by atoms with Crippen LogP contribution in [0, 0.1) is 24.0 Å². The fourth-order valence-corrected chi connectivity index (χ4v) is 5.47. The standard InChI is InChI=1S/C21H22F2N4OS/c1-14-6-17(8-18(22)20(14)23)27-19-5-4-16(7-15(19)9-24-27)25-10-21(11-25)12-26(13-21)29(2,3)28/h4-9H,2,10-13H2,1,3H3. The maximum absolute atomic E-state index is 13.8. The first-order chi connectivity index (χ1) is 13.7. The van der Waals surface area contributed by atoms with Crippen molar-refractivity contribution < 1.29 is 13.0 Å². The number of aryl methyl sites for hydroxylation is 1. The average Bonchev–Trinajstić information content (AvgIpc) is 2.99. The number of fused-ring (bicyclic) bond motifs is 1. The Labute approximate surface area is 168 Å². The summed E-state index contributed by atoms with van der Waals surface area (Å²) in [5.41, 5.74) is 2.91. The molecule has 3 aromatic rings. The molecule has 2 aliphatic heterocycles. The topological polar surface area (TPSA) is 41.4 Å². The van der Waals surface area contributed by atoms with E-state index in [4.69, 9.17) is 0 Å². The predicted molar refractivity (Wildman–Crippen MR) is 113 cm³/mol. The number of halogens is 2. The second-order valence-electron chi connectivity index (χ2n) is 8.47. The van der Waals surface area contributed by atoms with Crippen molar-refractivity contribution in [3.05, 3.63) is 53.7 Å². The fourth-order valence-electron chi connectivity index (χ4n) is 4.37. The number of hydrogen-bond donors (Lipinski definition) is 0. The van der Waals surface area contributed by atoms with Gasteiger partial charge in [-0.3, -0.25) is 4.21 Å². The summed E-state index contributed by atoms with van der Waals surface area (Å²) in [6, 6.07) is 8.81. The van der Waals surface area contributed by atoms with Crippen LogP contribution in [0.15, 0.2) is 36.5 Å². The average molecular weight is 416 g/mol. The Morgan fingerprint density at radius 2 is 1.83 bits per heavy atom. The number of aromatic nitrogens is 2. The van der Waals surface area contributed by atoms with Gasteiger partial charge in [-0.25, -0.2) is 17.8 Å². The van der Waals surface area contributed by atoms with Gasteiger partial charge in [0.15, 0.2) is 11.6 Å². The van der Waals surface area contributed by atoms with Crippen LogP contribution in [-0.4, -0.2) is 56.6 Å². The monoisotopic (exact) mass is 416 g/mol. The summed E-state index contributed by atoms with van der Waals surface area (Å²) in [6.45, 7) is 5.07. The highest BCUT2D eigenvalue weighted by Crippen LogP contribution is 2.43. The Balaban J connectivity index is 1.37. The molecule has 0 N–H and O–H groups in total. The predicted octanol–water partition coefficient (Wildman–Crippen LogP) is 3.00. The smallest absolute Gasteiger partial charge is 0.161 e. The van der Waals surface area contributed by atoms with Crippen LogP contribution in [0.1, 0.15) is 5.56 Å². The normalized spacial score (nSPS) is 20.5. The van der Waals surface area contributed by atoms with E-state index in [-0.39, 0.29) is 11.0 Å². The van der Waals surface area contributed by atoms with Gasteiger partial charge in [0.2, 0.25) is 0 Å². The summed E-state index contributed by atoms with van der Waals surface area (Å²) in [5.74, 6) is 2.05. The van der Waals surface area contributed by atoms with E-state index < -0.39 is 21.3 Å². The van der Waals surface area contributed by atoms with Crippen molar-refractivity contribution in [2.24, 2.45) is 5.41 Å². The molecule has 0 bridgehead atoms. The molecule has 1 atom stereocenters. The van der Waals surface area contributed by atoms with E-state index in [2.05, 4.69) is 21.9 Å². The molecule has 3 heterocycles. The van der Waals surface area contributed by atoms with Crippen molar-refractivity contribution in [3.63, 3.8) is 0 Å². The van der Waals surface area contributed by atoms with Gasteiger partial charge in [0.25, 0.3) is 0 Å². The van der Waals surface area contributed by atoms with Gasteiger partial charge in [0.1, 0.15) is 0 Å². The van der Waals surface area contributed by atoms with E-state index >= 15 is 0 Å². The molecular weight excluding hydrogens is 394 g/mol.